The normalized spacial score (nSPS) is 23.0. The molecule has 0 aromatic carbocycles. The number of carbonyl (C=O) groups is 1. The summed E-state index contributed by atoms with van der Waals surface area (Å²) in [7, 11) is 2.16. The van der Waals surface area contributed by atoms with E-state index in [1.807, 2.05) is 23.6 Å². The molecule has 2 aliphatic heterocycles. The van der Waals surface area contributed by atoms with Crippen molar-refractivity contribution in [2.75, 3.05) is 26.8 Å². The van der Waals surface area contributed by atoms with Gasteiger partial charge in [0.15, 0.2) is 0 Å². The van der Waals surface area contributed by atoms with Crippen molar-refractivity contribution in [2.45, 2.75) is 30.8 Å². The average molecular weight is 357 g/mol. The van der Waals surface area contributed by atoms with Crippen LogP contribution in [0.2, 0.25) is 0 Å². The predicted octanol–water partition coefficient (Wildman–Crippen LogP) is 2.79. The van der Waals surface area contributed by atoms with Crippen LogP contribution in [0.15, 0.2) is 35.2 Å². The van der Waals surface area contributed by atoms with E-state index in [-0.39, 0.29) is 17.5 Å². The van der Waals surface area contributed by atoms with Gasteiger partial charge >= 0.3 is 0 Å². The van der Waals surface area contributed by atoms with Crippen LogP contribution in [0, 0.1) is 0 Å². The van der Waals surface area contributed by atoms with E-state index in [2.05, 4.69) is 27.6 Å². The van der Waals surface area contributed by atoms with Crippen molar-refractivity contribution >= 4 is 17.2 Å². The molecule has 132 valence electrons. The second kappa shape index (κ2) is 6.86. The molecule has 5 nitrogen and oxygen atoms in total. The highest BCUT2D eigenvalue weighted by molar-refractivity contribution is 7.08. The molecular weight excluding hydrogens is 334 g/mol. The van der Waals surface area contributed by atoms with Gasteiger partial charge in [-0.3, -0.25) is 14.7 Å². The van der Waals surface area contributed by atoms with E-state index in [9.17, 15) is 4.79 Å². The number of likely N-dealkylation sites (N-methyl/N-ethyl adjacent to an activating group) is 1. The fourth-order valence-electron chi connectivity index (χ4n) is 4.02. The Kier molecular flexibility index (Phi) is 4.58. The molecule has 1 N–H and O–H groups in total. The highest BCUT2D eigenvalue weighted by Crippen LogP contribution is 2.36. The van der Waals surface area contributed by atoms with E-state index >= 15 is 0 Å². The quantitative estimate of drug-likeness (QED) is 0.918. The van der Waals surface area contributed by atoms with Crippen molar-refractivity contribution < 1.29 is 9.53 Å². The Bertz CT molecular complexity index is 724. The Morgan fingerprint density at radius 2 is 2.20 bits per heavy atom. The van der Waals surface area contributed by atoms with E-state index in [4.69, 9.17) is 4.74 Å². The molecule has 1 unspecified atom stereocenters. The van der Waals surface area contributed by atoms with Gasteiger partial charge in [0.1, 0.15) is 0 Å². The zero-order valence-corrected chi connectivity index (χ0v) is 15.2. The molecule has 4 heterocycles. The summed E-state index contributed by atoms with van der Waals surface area (Å²) in [5.74, 6) is -0.0353. The smallest absolute Gasteiger partial charge is 0.253 e. The van der Waals surface area contributed by atoms with Crippen LogP contribution in [-0.2, 0) is 4.74 Å². The highest BCUT2D eigenvalue weighted by Gasteiger charge is 2.44. The Balaban J connectivity index is 1.40. The van der Waals surface area contributed by atoms with Crippen molar-refractivity contribution in [3.63, 3.8) is 0 Å². The van der Waals surface area contributed by atoms with E-state index in [0.29, 0.717) is 5.56 Å². The van der Waals surface area contributed by atoms with E-state index in [0.717, 1.165) is 50.3 Å². The van der Waals surface area contributed by atoms with Crippen molar-refractivity contribution in [2.24, 2.45) is 0 Å². The van der Waals surface area contributed by atoms with Crippen LogP contribution in [-0.4, -0.2) is 54.2 Å². The molecule has 25 heavy (non-hydrogen) atoms. The maximum atomic E-state index is 12.6. The molecule has 4 rings (SSSR count). The Morgan fingerprint density at radius 1 is 1.36 bits per heavy atom. The number of hydrogen-bond acceptors (Lipinski definition) is 5. The van der Waals surface area contributed by atoms with Gasteiger partial charge in [-0.15, -0.1) is 0 Å². The molecule has 2 aliphatic rings. The lowest BCUT2D eigenvalue weighted by molar-refractivity contribution is 0.00177. The first kappa shape index (κ1) is 16.7. The van der Waals surface area contributed by atoms with Crippen molar-refractivity contribution in [1.82, 2.24) is 15.2 Å². The van der Waals surface area contributed by atoms with Gasteiger partial charge in [0.05, 0.1) is 11.3 Å². The number of likely N-dealkylation sites (tertiary alicyclic amines) is 1. The summed E-state index contributed by atoms with van der Waals surface area (Å²) in [6, 6.07) is 6.00. The van der Waals surface area contributed by atoms with Gasteiger partial charge in [-0.05, 0) is 49.9 Å². The maximum Gasteiger partial charge on any atom is 0.253 e. The molecule has 1 spiro atoms. The molecule has 1 amide bonds. The van der Waals surface area contributed by atoms with Gasteiger partial charge in [0.25, 0.3) is 5.91 Å². The Morgan fingerprint density at radius 3 is 2.88 bits per heavy atom. The summed E-state index contributed by atoms with van der Waals surface area (Å²) in [5.41, 5.74) is 2.81. The number of pyridine rings is 1. The van der Waals surface area contributed by atoms with Gasteiger partial charge < -0.3 is 10.1 Å². The molecule has 2 aromatic heterocycles. The summed E-state index contributed by atoms with van der Waals surface area (Å²) in [6.07, 6.45) is 4.77. The van der Waals surface area contributed by atoms with Crippen LogP contribution in [0.4, 0.5) is 0 Å². The third-order valence-electron chi connectivity index (χ3n) is 5.53. The lowest BCUT2D eigenvalue weighted by Gasteiger charge is -2.39. The summed E-state index contributed by atoms with van der Waals surface area (Å²) < 4.78 is 5.51. The standard InChI is InChI=1S/C19H23N3O2S/c1-22-12-16(10-19(22)5-7-24-8-6-19)21-18(23)14-2-3-17(20-11-14)15-4-9-25-13-15/h2-4,9,11,13,16H,5-8,10,12H2,1H3,(H,21,23). The number of ether oxygens (including phenoxy) is 1. The third-order valence-corrected chi connectivity index (χ3v) is 6.21. The summed E-state index contributed by atoms with van der Waals surface area (Å²) in [5, 5.41) is 7.28. The SMILES string of the molecule is CN1CC(NC(=O)c2ccc(-c3ccsc3)nc2)CC12CCOCC2. The summed E-state index contributed by atoms with van der Waals surface area (Å²) in [4.78, 5) is 19.4. The van der Waals surface area contributed by atoms with E-state index in [1.54, 1.807) is 17.5 Å². The number of carbonyl (C=O) groups excluding carboxylic acids is 1. The zero-order chi connectivity index (χ0) is 17.3. The second-order valence-corrected chi connectivity index (χ2v) is 7.82. The Labute approximate surface area is 152 Å². The van der Waals surface area contributed by atoms with Gasteiger partial charge in [0, 0.05) is 48.5 Å². The maximum absolute atomic E-state index is 12.6. The first-order chi connectivity index (χ1) is 12.2. The number of amides is 1. The fourth-order valence-corrected chi connectivity index (χ4v) is 4.66. The minimum atomic E-state index is -0.0353. The van der Waals surface area contributed by atoms with Gasteiger partial charge in [-0.1, -0.05) is 0 Å². The highest BCUT2D eigenvalue weighted by atomic mass is 32.1. The summed E-state index contributed by atoms with van der Waals surface area (Å²) in [6.45, 7) is 2.53. The molecule has 2 fully saturated rings. The molecule has 0 saturated carbocycles. The number of hydrogen-bond donors (Lipinski definition) is 1. The van der Waals surface area contributed by atoms with Gasteiger partial charge in [-0.25, -0.2) is 0 Å². The lowest BCUT2D eigenvalue weighted by Crippen LogP contribution is -2.45. The van der Waals surface area contributed by atoms with Crippen molar-refractivity contribution in [3.05, 3.63) is 40.7 Å². The number of nitrogens with one attached hydrogen (secondary N) is 1. The molecule has 0 aliphatic carbocycles. The first-order valence-corrected chi connectivity index (χ1v) is 9.69. The average Bonchev–Trinajstić information content (AvgIpc) is 3.25. The molecule has 2 aromatic rings. The molecule has 0 bridgehead atoms. The molecule has 0 radical (unpaired) electrons. The molecule has 2 saturated heterocycles. The minimum absolute atomic E-state index is 0.0353. The monoisotopic (exact) mass is 357 g/mol. The van der Waals surface area contributed by atoms with Crippen molar-refractivity contribution in [1.29, 1.82) is 0 Å². The third kappa shape index (κ3) is 3.34. The number of nitrogens with zero attached hydrogens (tertiary/aromatic N) is 2. The van der Waals surface area contributed by atoms with E-state index in [1.165, 1.54) is 0 Å². The molecular formula is C19H23N3O2S. The van der Waals surface area contributed by atoms with Crippen LogP contribution in [0.25, 0.3) is 11.3 Å². The fraction of sp³-hybridized carbons (Fsp3) is 0.474. The largest absolute Gasteiger partial charge is 0.381 e. The number of rotatable bonds is 3. The molecule has 1 atom stereocenters. The van der Waals surface area contributed by atoms with Crippen LogP contribution >= 0.6 is 11.3 Å². The summed E-state index contributed by atoms with van der Waals surface area (Å²) >= 11 is 1.64. The van der Waals surface area contributed by atoms with Crippen LogP contribution < -0.4 is 5.32 Å². The topological polar surface area (TPSA) is 54.5 Å². The molecule has 6 heteroatoms. The zero-order valence-electron chi connectivity index (χ0n) is 14.4. The van der Waals surface area contributed by atoms with Gasteiger partial charge in [0.2, 0.25) is 0 Å². The predicted molar refractivity (Wildman–Crippen MR) is 98.8 cm³/mol. The number of aromatic nitrogens is 1. The van der Waals surface area contributed by atoms with Crippen LogP contribution in [0.3, 0.4) is 0 Å². The number of thiophene rings is 1. The van der Waals surface area contributed by atoms with Crippen LogP contribution in [0.1, 0.15) is 29.6 Å². The van der Waals surface area contributed by atoms with Crippen LogP contribution in [0.5, 0.6) is 0 Å². The lowest BCUT2D eigenvalue weighted by atomic mass is 9.86. The second-order valence-electron chi connectivity index (χ2n) is 7.04. The van der Waals surface area contributed by atoms with E-state index < -0.39 is 0 Å². The first-order valence-electron chi connectivity index (χ1n) is 8.75. The van der Waals surface area contributed by atoms with Crippen molar-refractivity contribution in [3.8, 4) is 11.3 Å². The Hall–Kier alpha value is -1.76. The van der Waals surface area contributed by atoms with Gasteiger partial charge in [-0.2, -0.15) is 11.3 Å². The minimum Gasteiger partial charge on any atom is -0.381 e.